The second kappa shape index (κ2) is 5.32. The first-order valence-electron chi connectivity index (χ1n) is 6.73. The molecule has 0 spiro atoms. The van der Waals surface area contributed by atoms with Gasteiger partial charge in [-0.15, -0.1) is 0 Å². The Hall–Kier alpha value is -2.91. The minimum Gasteiger partial charge on any atom is -0.464 e. The number of imide groups is 1. The summed E-state index contributed by atoms with van der Waals surface area (Å²) in [7, 11) is 1.07. The Labute approximate surface area is 133 Å². The Balaban J connectivity index is 2.04. The highest BCUT2D eigenvalue weighted by Gasteiger charge is 2.56. The van der Waals surface area contributed by atoms with Crippen molar-refractivity contribution in [2.45, 2.75) is 12.2 Å². The topological polar surface area (TPSA) is 88.1 Å². The van der Waals surface area contributed by atoms with Crippen LogP contribution in [0.25, 0.3) is 0 Å². The van der Waals surface area contributed by atoms with Crippen LogP contribution in [0.3, 0.4) is 0 Å². The molecule has 1 fully saturated rings. The Kier molecular flexibility index (Phi) is 3.54. The number of esters is 1. The number of benzene rings is 1. The van der Waals surface area contributed by atoms with Crippen LogP contribution >= 0.6 is 0 Å². The number of fused-ring (bicyclic) bond motifs is 1. The summed E-state index contributed by atoms with van der Waals surface area (Å²) in [4.78, 5) is 37.0. The van der Waals surface area contributed by atoms with Crippen LogP contribution in [0.1, 0.15) is 5.56 Å². The molecule has 0 aliphatic carbocycles. The molecule has 2 aliphatic rings. The average Bonchev–Trinajstić information content (AvgIpc) is 3.07. The van der Waals surface area contributed by atoms with Crippen molar-refractivity contribution in [3.8, 4) is 0 Å². The average molecular weight is 341 g/mol. The highest BCUT2D eigenvalue weighted by molar-refractivity contribution is 6.46. The minimum absolute atomic E-state index is 0.340. The van der Waals surface area contributed by atoms with E-state index in [-0.39, 0.29) is 5.71 Å². The summed E-state index contributed by atoms with van der Waals surface area (Å²) >= 11 is 0. The Morgan fingerprint density at radius 1 is 1.25 bits per heavy atom. The fourth-order valence-corrected chi connectivity index (χ4v) is 2.71. The van der Waals surface area contributed by atoms with Gasteiger partial charge in [-0.25, -0.2) is 9.69 Å². The van der Waals surface area contributed by atoms with Gasteiger partial charge in [0.2, 0.25) is 5.91 Å². The second-order valence-electron chi connectivity index (χ2n) is 5.10. The number of carbonyl (C=O) groups is 3. The largest absolute Gasteiger partial charge is 0.464 e. The minimum atomic E-state index is -4.75. The molecule has 10 heteroatoms. The van der Waals surface area contributed by atoms with Crippen molar-refractivity contribution in [2.24, 2.45) is 11.0 Å². The lowest BCUT2D eigenvalue weighted by atomic mass is 9.99. The van der Waals surface area contributed by atoms with Gasteiger partial charge in [0.05, 0.1) is 18.4 Å². The number of halogens is 3. The molecule has 24 heavy (non-hydrogen) atoms. The number of carbonyl (C=O) groups excluding carboxylic acids is 3. The molecule has 0 bridgehead atoms. The number of para-hydroxylation sites is 1. The third-order valence-electron chi connectivity index (χ3n) is 3.77. The van der Waals surface area contributed by atoms with Crippen molar-refractivity contribution in [2.75, 3.05) is 12.0 Å². The van der Waals surface area contributed by atoms with Gasteiger partial charge in [0.15, 0.2) is 5.71 Å². The molecular weight excluding hydrogens is 331 g/mol. The molecule has 0 radical (unpaired) electrons. The summed E-state index contributed by atoms with van der Waals surface area (Å²) in [6.45, 7) is 0. The molecule has 126 valence electrons. The molecule has 7 nitrogen and oxygen atoms in total. The van der Waals surface area contributed by atoms with Gasteiger partial charge in [-0.2, -0.15) is 18.3 Å². The number of hydrazone groups is 1. The van der Waals surface area contributed by atoms with E-state index in [0.29, 0.717) is 4.90 Å². The number of anilines is 1. The molecule has 1 aromatic carbocycles. The first kappa shape index (κ1) is 16.0. The van der Waals surface area contributed by atoms with E-state index in [0.717, 1.165) is 25.3 Å². The standard InChI is InChI=1S/C14H10F3N3O4/c1-24-13(23)10-8-9(18-19-10)12(22)20(11(8)21)7-5-3-2-4-6(7)14(15,16)17/h2-5,8-9,18H,1H3/t8-,9+/m1/s1. The Morgan fingerprint density at radius 2 is 1.92 bits per heavy atom. The zero-order chi connectivity index (χ0) is 17.6. The van der Waals surface area contributed by atoms with E-state index in [4.69, 9.17) is 0 Å². The predicted octanol–water partition coefficient (Wildman–Crippen LogP) is 0.696. The quantitative estimate of drug-likeness (QED) is 0.632. The Morgan fingerprint density at radius 3 is 2.54 bits per heavy atom. The third kappa shape index (κ3) is 2.22. The van der Waals surface area contributed by atoms with E-state index >= 15 is 0 Å². The predicted molar refractivity (Wildman–Crippen MR) is 73.8 cm³/mol. The first-order chi connectivity index (χ1) is 11.3. The zero-order valence-electron chi connectivity index (χ0n) is 12.1. The van der Waals surface area contributed by atoms with E-state index in [9.17, 15) is 27.6 Å². The van der Waals surface area contributed by atoms with Crippen molar-refractivity contribution in [1.82, 2.24) is 5.43 Å². The fourth-order valence-electron chi connectivity index (χ4n) is 2.71. The number of rotatable bonds is 2. The first-order valence-corrected chi connectivity index (χ1v) is 6.73. The summed E-state index contributed by atoms with van der Waals surface area (Å²) in [5, 5.41) is 3.59. The molecule has 1 aromatic rings. The van der Waals surface area contributed by atoms with E-state index in [1.165, 1.54) is 6.07 Å². The number of hydrogen-bond donors (Lipinski definition) is 1. The SMILES string of the molecule is COC(=O)C1=NN[C@@H]2C(=O)N(c3ccccc3C(F)(F)F)C(=O)[C@@H]12. The van der Waals surface area contributed by atoms with Gasteiger partial charge in [-0.1, -0.05) is 12.1 Å². The van der Waals surface area contributed by atoms with Crippen molar-refractivity contribution in [3.05, 3.63) is 29.8 Å². The molecule has 0 unspecified atom stereocenters. The number of nitrogens with zero attached hydrogens (tertiary/aromatic N) is 2. The fraction of sp³-hybridized carbons (Fsp3) is 0.286. The monoisotopic (exact) mass is 341 g/mol. The summed E-state index contributed by atoms with van der Waals surface area (Å²) in [5.74, 6) is -4.12. The number of ether oxygens (including phenoxy) is 1. The second-order valence-corrected chi connectivity index (χ2v) is 5.10. The smallest absolute Gasteiger partial charge is 0.418 e. The molecule has 1 saturated heterocycles. The van der Waals surface area contributed by atoms with Crippen molar-refractivity contribution < 1.29 is 32.3 Å². The van der Waals surface area contributed by atoms with E-state index in [1.54, 1.807) is 0 Å². The van der Waals surface area contributed by atoms with E-state index in [2.05, 4.69) is 15.3 Å². The van der Waals surface area contributed by atoms with E-state index < -0.39 is 47.2 Å². The van der Waals surface area contributed by atoms with Crippen LogP contribution < -0.4 is 10.3 Å². The molecule has 3 rings (SSSR count). The van der Waals surface area contributed by atoms with E-state index in [1.807, 2.05) is 0 Å². The van der Waals surface area contributed by atoms with Gasteiger partial charge in [-0.3, -0.25) is 15.0 Å². The van der Waals surface area contributed by atoms with Crippen molar-refractivity contribution >= 4 is 29.2 Å². The number of alkyl halides is 3. The van der Waals surface area contributed by atoms with Crippen LogP contribution in [0, 0.1) is 5.92 Å². The normalized spacial score (nSPS) is 23.0. The number of hydrogen-bond acceptors (Lipinski definition) is 6. The van der Waals surface area contributed by atoms with Crippen LogP contribution in [0.2, 0.25) is 0 Å². The number of amides is 2. The molecule has 2 heterocycles. The molecule has 1 N–H and O–H groups in total. The summed E-state index contributed by atoms with van der Waals surface area (Å²) in [6.07, 6.45) is -4.75. The van der Waals surface area contributed by atoms with Gasteiger partial charge >= 0.3 is 12.1 Å². The van der Waals surface area contributed by atoms with Gasteiger partial charge in [0.25, 0.3) is 5.91 Å². The molecule has 0 saturated carbocycles. The Bertz CT molecular complexity index is 775. The van der Waals surface area contributed by atoms with Crippen LogP contribution in [-0.2, 0) is 25.3 Å². The maximum Gasteiger partial charge on any atom is 0.418 e. The van der Waals surface area contributed by atoms with Gasteiger partial charge in [0.1, 0.15) is 12.0 Å². The van der Waals surface area contributed by atoms with Crippen LogP contribution in [0.5, 0.6) is 0 Å². The lowest BCUT2D eigenvalue weighted by Crippen LogP contribution is -2.37. The highest BCUT2D eigenvalue weighted by atomic mass is 19.4. The lowest BCUT2D eigenvalue weighted by molar-refractivity contribution is -0.137. The van der Waals surface area contributed by atoms with Crippen LogP contribution in [0.15, 0.2) is 29.4 Å². The van der Waals surface area contributed by atoms with Gasteiger partial charge in [-0.05, 0) is 12.1 Å². The number of nitrogens with one attached hydrogen (secondary N) is 1. The van der Waals surface area contributed by atoms with Gasteiger partial charge < -0.3 is 4.74 Å². The van der Waals surface area contributed by atoms with Crippen LogP contribution in [0.4, 0.5) is 18.9 Å². The van der Waals surface area contributed by atoms with Crippen molar-refractivity contribution in [1.29, 1.82) is 0 Å². The lowest BCUT2D eigenvalue weighted by Gasteiger charge is -2.20. The van der Waals surface area contributed by atoms with Crippen LogP contribution in [-0.4, -0.2) is 36.6 Å². The molecule has 2 atom stereocenters. The van der Waals surface area contributed by atoms with Gasteiger partial charge in [0, 0.05) is 0 Å². The molecule has 2 amide bonds. The zero-order valence-corrected chi connectivity index (χ0v) is 12.1. The van der Waals surface area contributed by atoms with Crippen molar-refractivity contribution in [3.63, 3.8) is 0 Å². The highest BCUT2D eigenvalue weighted by Crippen LogP contribution is 2.39. The molecule has 0 aromatic heterocycles. The third-order valence-corrected chi connectivity index (χ3v) is 3.77. The number of methoxy groups -OCH3 is 1. The molecular formula is C14H10F3N3O4. The summed E-state index contributed by atoms with van der Waals surface area (Å²) in [5.41, 5.74) is 0.271. The summed E-state index contributed by atoms with van der Waals surface area (Å²) < 4.78 is 43.9. The maximum atomic E-state index is 13.1. The molecule has 2 aliphatic heterocycles. The maximum absolute atomic E-state index is 13.1. The summed E-state index contributed by atoms with van der Waals surface area (Å²) in [6, 6.07) is 2.99.